The molecule has 1 atom stereocenters. The molecule has 0 saturated carbocycles. The molecule has 0 N–H and O–H groups in total. The van der Waals surface area contributed by atoms with Gasteiger partial charge in [-0.25, -0.2) is 0 Å². The van der Waals surface area contributed by atoms with E-state index in [-0.39, 0.29) is 49.2 Å². The lowest BCUT2D eigenvalue weighted by Crippen LogP contribution is -2.34. The Morgan fingerprint density at radius 2 is 0.892 bits per heavy atom. The van der Waals surface area contributed by atoms with Crippen LogP contribution < -0.4 is 0 Å². The maximum atomic E-state index is 13.6. The molecule has 1 fully saturated rings. The summed E-state index contributed by atoms with van der Waals surface area (Å²) in [5.41, 5.74) is -12.5. The largest absolute Gasteiger partial charge is 0.416 e. The lowest BCUT2D eigenvalue weighted by molar-refractivity contribution is -0.144. The van der Waals surface area contributed by atoms with Crippen LogP contribution in [-0.4, -0.2) is 5.60 Å². The van der Waals surface area contributed by atoms with E-state index in [1.165, 1.54) is 6.08 Å². The fourth-order valence-electron chi connectivity index (χ4n) is 4.79. The molecule has 1 heterocycles. The van der Waals surface area contributed by atoms with Crippen molar-refractivity contribution in [1.29, 1.82) is 0 Å². The molecule has 1 aliphatic carbocycles. The predicted molar refractivity (Wildman–Crippen MR) is 105 cm³/mol. The molecule has 2 aliphatic rings. The van der Waals surface area contributed by atoms with Crippen molar-refractivity contribution >= 4 is 0 Å². The molecular formula is C24H16F12O. The first kappa shape index (κ1) is 27.3. The van der Waals surface area contributed by atoms with Crippen LogP contribution in [0.1, 0.15) is 59.1 Å². The highest BCUT2D eigenvalue weighted by atomic mass is 19.4. The van der Waals surface area contributed by atoms with Crippen molar-refractivity contribution < 1.29 is 57.4 Å². The predicted octanol–water partition coefficient (Wildman–Crippen LogP) is 8.90. The minimum atomic E-state index is -5.30. The van der Waals surface area contributed by atoms with Gasteiger partial charge in [-0.3, -0.25) is 0 Å². The Kier molecular flexibility index (Phi) is 6.21. The zero-order valence-electron chi connectivity index (χ0n) is 18.4. The van der Waals surface area contributed by atoms with Crippen LogP contribution in [-0.2, 0) is 35.0 Å². The van der Waals surface area contributed by atoms with Crippen molar-refractivity contribution in [2.45, 2.75) is 61.6 Å². The highest BCUT2D eigenvalue weighted by molar-refractivity contribution is 5.47. The van der Waals surface area contributed by atoms with E-state index in [1.54, 1.807) is 6.08 Å². The van der Waals surface area contributed by atoms with Crippen molar-refractivity contribution in [3.63, 3.8) is 0 Å². The number of benzene rings is 2. The number of hydrogen-bond acceptors (Lipinski definition) is 1. The minimum absolute atomic E-state index is 0.0569. The number of ether oxygens (including phenoxy) is 1. The molecule has 0 bridgehead atoms. The van der Waals surface area contributed by atoms with Crippen LogP contribution in [0.5, 0.6) is 0 Å². The Hall–Kier alpha value is -2.70. The minimum Gasteiger partial charge on any atom is -0.355 e. The van der Waals surface area contributed by atoms with Crippen molar-refractivity contribution in [2.24, 2.45) is 0 Å². The van der Waals surface area contributed by atoms with E-state index in [0.29, 0.717) is 6.42 Å². The monoisotopic (exact) mass is 548 g/mol. The summed E-state index contributed by atoms with van der Waals surface area (Å²) in [5.74, 6) is 0. The average molecular weight is 548 g/mol. The summed E-state index contributed by atoms with van der Waals surface area (Å²) in [6, 6.07) is 0.761. The molecule has 1 nitrogen and oxygen atoms in total. The number of allylic oxidation sites excluding steroid dienone is 1. The molecule has 1 saturated heterocycles. The molecule has 0 aromatic heterocycles. The Morgan fingerprint density at radius 3 is 1.19 bits per heavy atom. The molecular weight excluding hydrogens is 532 g/mol. The van der Waals surface area contributed by atoms with E-state index >= 15 is 0 Å². The Bertz CT molecular complexity index is 1080. The van der Waals surface area contributed by atoms with Crippen LogP contribution in [0.4, 0.5) is 52.7 Å². The van der Waals surface area contributed by atoms with Crippen LogP contribution >= 0.6 is 0 Å². The Balaban J connectivity index is 2.06. The van der Waals surface area contributed by atoms with Crippen LogP contribution in [0.3, 0.4) is 0 Å². The summed E-state index contributed by atoms with van der Waals surface area (Å²) in [5, 5.41) is 0. The molecule has 1 aliphatic heterocycles. The summed E-state index contributed by atoms with van der Waals surface area (Å²) >= 11 is 0. The van der Waals surface area contributed by atoms with Gasteiger partial charge in [0, 0.05) is 0 Å². The second-order valence-corrected chi connectivity index (χ2v) is 9.02. The summed E-state index contributed by atoms with van der Waals surface area (Å²) in [7, 11) is 0. The molecule has 1 spiro atoms. The van der Waals surface area contributed by atoms with Crippen molar-refractivity contribution in [3.05, 3.63) is 81.9 Å². The van der Waals surface area contributed by atoms with E-state index in [4.69, 9.17) is 4.74 Å². The number of rotatable bonds is 2. The molecule has 37 heavy (non-hydrogen) atoms. The molecule has 202 valence electrons. The van der Waals surface area contributed by atoms with Gasteiger partial charge in [0.15, 0.2) is 0 Å². The number of hydrogen-bond donors (Lipinski definition) is 0. The SMILES string of the molecule is FC(F)(F)c1cc(C(F)(F)F)cc(C2(c3cc(C(F)(F)F)cc(C(F)(F)F)c3)CCC3(C=CCC3)O2)c1. The first-order chi connectivity index (χ1) is 16.8. The Morgan fingerprint density at radius 1 is 0.514 bits per heavy atom. The van der Waals surface area contributed by atoms with Gasteiger partial charge in [-0.2, -0.15) is 52.7 Å². The van der Waals surface area contributed by atoms with E-state index in [9.17, 15) is 52.7 Å². The van der Waals surface area contributed by atoms with Gasteiger partial charge in [0.25, 0.3) is 0 Å². The van der Waals surface area contributed by atoms with E-state index in [2.05, 4.69) is 0 Å². The van der Waals surface area contributed by atoms with E-state index in [0.717, 1.165) is 0 Å². The second-order valence-electron chi connectivity index (χ2n) is 9.02. The van der Waals surface area contributed by atoms with E-state index < -0.39 is 75.7 Å². The summed E-state index contributed by atoms with van der Waals surface area (Å²) < 4.78 is 169. The summed E-state index contributed by atoms with van der Waals surface area (Å²) in [6.07, 6.45) is -18.0. The van der Waals surface area contributed by atoms with Crippen LogP contribution in [0.15, 0.2) is 48.6 Å². The van der Waals surface area contributed by atoms with E-state index in [1.807, 2.05) is 0 Å². The van der Waals surface area contributed by atoms with Gasteiger partial charge in [0.05, 0.1) is 27.9 Å². The first-order valence-electron chi connectivity index (χ1n) is 10.7. The molecule has 2 aromatic rings. The van der Waals surface area contributed by atoms with Crippen molar-refractivity contribution in [1.82, 2.24) is 0 Å². The van der Waals surface area contributed by atoms with Crippen molar-refractivity contribution in [2.75, 3.05) is 0 Å². The third kappa shape index (κ3) is 5.19. The van der Waals surface area contributed by atoms with Gasteiger partial charge in [0.2, 0.25) is 0 Å². The number of alkyl halides is 12. The fourth-order valence-corrected chi connectivity index (χ4v) is 4.79. The first-order valence-corrected chi connectivity index (χ1v) is 10.7. The lowest BCUT2D eigenvalue weighted by atomic mass is 9.80. The highest BCUT2D eigenvalue weighted by Gasteiger charge is 2.53. The quantitative estimate of drug-likeness (QED) is 0.269. The van der Waals surface area contributed by atoms with Crippen molar-refractivity contribution in [3.8, 4) is 0 Å². The average Bonchev–Trinajstić information content (AvgIpc) is 3.38. The topological polar surface area (TPSA) is 9.23 Å². The smallest absolute Gasteiger partial charge is 0.355 e. The molecule has 4 rings (SSSR count). The van der Waals surface area contributed by atoms with Gasteiger partial charge in [-0.15, -0.1) is 0 Å². The summed E-state index contributed by atoms with van der Waals surface area (Å²) in [6.45, 7) is 0. The lowest BCUT2D eigenvalue weighted by Gasteiger charge is -2.35. The normalized spacial score (nSPS) is 22.3. The van der Waals surface area contributed by atoms with Crippen LogP contribution in [0, 0.1) is 0 Å². The van der Waals surface area contributed by atoms with Gasteiger partial charge in [-0.1, -0.05) is 12.2 Å². The second kappa shape index (κ2) is 8.40. The Labute approximate surface area is 201 Å². The molecule has 13 heteroatoms. The third-order valence-electron chi connectivity index (χ3n) is 6.54. The van der Waals surface area contributed by atoms with Gasteiger partial charge in [-0.05, 0) is 73.2 Å². The fraction of sp³-hybridized carbons (Fsp3) is 0.417. The molecule has 0 amide bonds. The number of halogens is 12. The molecule has 1 unspecified atom stereocenters. The molecule has 0 radical (unpaired) electrons. The highest BCUT2D eigenvalue weighted by Crippen LogP contribution is 2.55. The standard InChI is InChI=1S/C24H16F12O/c25-21(26,27)15-7-13(8-16(11-15)22(28,29)30)20(6-5-19(37-20)3-1-2-4-19)14-9-17(23(31,32)33)12-18(10-14)24(34,35)36/h1,3,7-12H,2,4-6H2. The summed E-state index contributed by atoms with van der Waals surface area (Å²) in [4.78, 5) is 0. The third-order valence-corrected chi connectivity index (χ3v) is 6.54. The van der Waals surface area contributed by atoms with Gasteiger partial charge in [0.1, 0.15) is 5.60 Å². The zero-order valence-corrected chi connectivity index (χ0v) is 18.4. The zero-order chi connectivity index (χ0) is 27.7. The van der Waals surface area contributed by atoms with Crippen LogP contribution in [0.25, 0.3) is 0 Å². The maximum Gasteiger partial charge on any atom is 0.416 e. The molecule has 2 aromatic carbocycles. The van der Waals surface area contributed by atoms with Crippen LogP contribution in [0.2, 0.25) is 0 Å². The maximum absolute atomic E-state index is 13.6. The van der Waals surface area contributed by atoms with Gasteiger partial charge < -0.3 is 4.74 Å². The van der Waals surface area contributed by atoms with Gasteiger partial charge >= 0.3 is 24.7 Å².